The Morgan fingerprint density at radius 2 is 1.25 bits per heavy atom. The highest BCUT2D eigenvalue weighted by Gasteiger charge is 2.21. The molecule has 0 aliphatic heterocycles. The molecule has 0 atom stereocenters. The number of carbonyl (C=O) groups excluding carboxylic acids is 1. The van der Waals surface area contributed by atoms with Crippen LogP contribution in [0.3, 0.4) is 0 Å². The van der Waals surface area contributed by atoms with Crippen molar-refractivity contribution in [1.29, 1.82) is 0 Å². The molecule has 0 spiro atoms. The predicted octanol–water partition coefficient (Wildman–Crippen LogP) is 10.9. The van der Waals surface area contributed by atoms with Gasteiger partial charge in [-0.05, 0) is 80.4 Å². The van der Waals surface area contributed by atoms with Crippen LogP contribution < -0.4 is 0 Å². The Morgan fingerprint density at radius 1 is 0.709 bits per heavy atom. The average molecular weight is 1020 g/mol. The van der Waals surface area contributed by atoms with Gasteiger partial charge in [0.1, 0.15) is 39.7 Å². The second kappa shape index (κ2) is 17.7. The molecule has 1 N–H and O–H groups in total. The van der Waals surface area contributed by atoms with Crippen LogP contribution in [0.25, 0.3) is 44.0 Å². The van der Waals surface area contributed by atoms with Crippen molar-refractivity contribution in [2.24, 2.45) is 14.1 Å². The fourth-order valence-corrected chi connectivity index (χ4v) is 6.63. The van der Waals surface area contributed by atoms with Crippen molar-refractivity contribution in [3.8, 4) is 11.3 Å². The van der Waals surface area contributed by atoms with E-state index >= 15 is 0 Å². The number of benzene rings is 4. The Bertz CT molecular complexity index is 2690. The van der Waals surface area contributed by atoms with Crippen LogP contribution in [0.4, 0.5) is 27.6 Å². The zero-order valence-electron chi connectivity index (χ0n) is 27.8. The van der Waals surface area contributed by atoms with Crippen LogP contribution in [-0.2, 0) is 14.1 Å². The van der Waals surface area contributed by atoms with Crippen LogP contribution in [0.1, 0.15) is 10.4 Å². The number of aldehydes is 1. The third kappa shape index (κ3) is 8.98. The zero-order valence-corrected chi connectivity index (χ0v) is 34.2. The SMILES string of the molecule is Cn1ncc2c(-c3ncc(Br)cc3[N+](=O)[O-])ccc(F)c21.Cn1ncc2c(Br)ccc(F)c21.Fc1ccc(Br)c2cn[nH]c12.O=Cc1c(Br)ccc(F)c1F. The Morgan fingerprint density at radius 3 is 1.84 bits per heavy atom. The molecule has 4 aromatic heterocycles. The smallest absolute Gasteiger partial charge is 0.296 e. The van der Waals surface area contributed by atoms with Gasteiger partial charge in [0.05, 0.1) is 29.1 Å². The molecule has 4 heterocycles. The van der Waals surface area contributed by atoms with Crippen molar-refractivity contribution in [1.82, 2.24) is 34.7 Å². The Labute approximate surface area is 340 Å². The monoisotopic (exact) mass is 1010 g/mol. The Hall–Kier alpha value is -4.92. The molecule has 0 bridgehead atoms. The van der Waals surface area contributed by atoms with Gasteiger partial charge < -0.3 is 0 Å². The molecule has 0 saturated heterocycles. The second-order valence-electron chi connectivity index (χ2n) is 11.0. The highest BCUT2D eigenvalue weighted by molar-refractivity contribution is 9.11. The molecule has 8 aromatic rings. The van der Waals surface area contributed by atoms with Gasteiger partial charge in [0.15, 0.2) is 17.9 Å². The number of carbonyl (C=O) groups is 1. The minimum absolute atomic E-state index is 0.152. The molecular weight excluding hydrogens is 995 g/mol. The van der Waals surface area contributed by atoms with Crippen LogP contribution in [0.5, 0.6) is 0 Å². The predicted molar refractivity (Wildman–Crippen MR) is 210 cm³/mol. The van der Waals surface area contributed by atoms with Gasteiger partial charge in [-0.25, -0.2) is 26.9 Å². The number of hydrogen-bond donors (Lipinski definition) is 1. The largest absolute Gasteiger partial charge is 0.298 e. The molecule has 4 aromatic carbocycles. The summed E-state index contributed by atoms with van der Waals surface area (Å²) in [5.74, 6) is -3.09. The van der Waals surface area contributed by atoms with Crippen molar-refractivity contribution in [3.05, 3.63) is 142 Å². The van der Waals surface area contributed by atoms with Crippen molar-refractivity contribution in [2.75, 3.05) is 0 Å². The number of rotatable bonds is 3. The van der Waals surface area contributed by atoms with Gasteiger partial charge in [0.2, 0.25) is 0 Å². The van der Waals surface area contributed by atoms with E-state index in [1.807, 2.05) is 0 Å². The Kier molecular flexibility index (Phi) is 13.3. The van der Waals surface area contributed by atoms with E-state index in [9.17, 15) is 36.9 Å². The lowest BCUT2D eigenvalue weighted by atomic mass is 10.1. The molecule has 0 saturated carbocycles. The van der Waals surface area contributed by atoms with Crippen LogP contribution >= 0.6 is 63.7 Å². The summed E-state index contributed by atoms with van der Waals surface area (Å²) in [5.41, 5.74) is 1.47. The van der Waals surface area contributed by atoms with E-state index in [0.717, 1.165) is 25.8 Å². The molecule has 11 nitrogen and oxygen atoms in total. The van der Waals surface area contributed by atoms with Crippen LogP contribution in [0.2, 0.25) is 0 Å². The van der Waals surface area contributed by atoms with Gasteiger partial charge >= 0.3 is 0 Å². The van der Waals surface area contributed by atoms with E-state index in [1.165, 1.54) is 58.2 Å². The van der Waals surface area contributed by atoms with E-state index in [4.69, 9.17) is 0 Å². The molecular formula is C35H21Br4F5N8O3. The van der Waals surface area contributed by atoms with E-state index < -0.39 is 22.4 Å². The summed E-state index contributed by atoms with van der Waals surface area (Å²) in [7, 11) is 3.33. The van der Waals surface area contributed by atoms with Crippen molar-refractivity contribution in [2.45, 2.75) is 0 Å². The first-order valence-electron chi connectivity index (χ1n) is 15.2. The van der Waals surface area contributed by atoms with E-state index in [2.05, 4.69) is 89.1 Å². The van der Waals surface area contributed by atoms with Gasteiger partial charge in [0.25, 0.3) is 5.69 Å². The summed E-state index contributed by atoms with van der Waals surface area (Å²) < 4.78 is 70.4. The standard InChI is InChI=1S/C13H8BrFN4O2.C8H6BrFN2.C7H3BrF2O.C7H4BrFN2/c1-18-13-9(6-17-18)8(2-3-10(13)15)12-11(19(20)21)4-7(14)5-16-12;1-12-8-5(4-11-12)6(9)2-3-7(8)10;8-5-1-2-6(9)7(10)4(5)3-11;8-5-1-2-6(9)7-4(5)3-10-11-7/h2-6H,1H3;2-4H,1H3;1-3H;1-3H,(H,10,11). The van der Waals surface area contributed by atoms with Crippen molar-refractivity contribution < 1.29 is 31.7 Å². The third-order valence-corrected chi connectivity index (χ3v) is 10.2. The maximum absolute atomic E-state index is 13.9. The van der Waals surface area contributed by atoms with Crippen LogP contribution in [0.15, 0.2) is 97.3 Å². The summed E-state index contributed by atoms with van der Waals surface area (Å²) in [6.07, 6.45) is 6.43. The number of nitrogens with one attached hydrogen (secondary N) is 1. The lowest BCUT2D eigenvalue weighted by Gasteiger charge is -2.05. The van der Waals surface area contributed by atoms with E-state index in [-0.39, 0.29) is 44.9 Å². The van der Waals surface area contributed by atoms with Gasteiger partial charge in [-0.2, -0.15) is 15.3 Å². The fourth-order valence-electron chi connectivity index (χ4n) is 5.05. The Balaban J connectivity index is 0.000000148. The average Bonchev–Trinajstić information content (AvgIpc) is 3.92. The summed E-state index contributed by atoms with van der Waals surface area (Å²) in [6.45, 7) is 0. The maximum atomic E-state index is 13.9. The summed E-state index contributed by atoms with van der Waals surface area (Å²) >= 11 is 12.7. The number of pyridine rings is 1. The molecule has 0 aliphatic carbocycles. The third-order valence-electron chi connectivity index (χ3n) is 7.64. The molecule has 0 unspecified atom stereocenters. The fraction of sp³-hybridized carbons (Fsp3) is 0.0571. The number of H-pyrrole nitrogens is 1. The number of nitrogens with zero attached hydrogens (tertiary/aromatic N) is 7. The topological polar surface area (TPSA) is 137 Å². The number of hydrogen-bond acceptors (Lipinski definition) is 7. The number of halogens is 9. The van der Waals surface area contributed by atoms with Gasteiger partial charge in [-0.1, -0.05) is 31.9 Å². The lowest BCUT2D eigenvalue weighted by Crippen LogP contribution is -1.96. The molecule has 0 fully saturated rings. The first-order chi connectivity index (χ1) is 26.1. The number of fused-ring (bicyclic) bond motifs is 3. The van der Waals surface area contributed by atoms with Gasteiger partial charge in [0, 0.05) is 66.0 Å². The lowest BCUT2D eigenvalue weighted by molar-refractivity contribution is -0.384. The van der Waals surface area contributed by atoms with Gasteiger partial charge in [-0.15, -0.1) is 0 Å². The van der Waals surface area contributed by atoms with Gasteiger partial charge in [-0.3, -0.25) is 29.4 Å². The van der Waals surface area contributed by atoms with Crippen molar-refractivity contribution >= 4 is 108 Å². The molecule has 8 rings (SSSR count). The minimum atomic E-state index is -1.12. The van der Waals surface area contributed by atoms with Crippen LogP contribution in [0, 0.1) is 39.2 Å². The second-order valence-corrected chi connectivity index (χ2v) is 14.5. The number of aromatic amines is 1. The maximum Gasteiger partial charge on any atom is 0.296 e. The molecule has 0 aliphatic rings. The first-order valence-corrected chi connectivity index (χ1v) is 18.3. The molecule has 0 radical (unpaired) electrons. The number of aryl methyl sites for hydroxylation is 2. The van der Waals surface area contributed by atoms with Crippen molar-refractivity contribution in [3.63, 3.8) is 0 Å². The quantitative estimate of drug-likeness (QED) is 0.0612. The summed E-state index contributed by atoms with van der Waals surface area (Å²) in [6, 6.07) is 12.5. The summed E-state index contributed by atoms with van der Waals surface area (Å²) in [4.78, 5) is 25.0. The molecule has 20 heteroatoms. The minimum Gasteiger partial charge on any atom is -0.298 e. The normalized spacial score (nSPS) is 10.7. The number of aromatic nitrogens is 7. The highest BCUT2D eigenvalue weighted by Crippen LogP contribution is 2.35. The highest BCUT2D eigenvalue weighted by atomic mass is 79.9. The molecule has 282 valence electrons. The van der Waals surface area contributed by atoms with E-state index in [1.54, 1.807) is 38.6 Å². The summed E-state index contributed by atoms with van der Waals surface area (Å²) in [5, 5.41) is 27.5. The zero-order chi connectivity index (χ0) is 40.1. The molecule has 0 amide bonds. The number of nitro groups is 1. The molecule has 55 heavy (non-hydrogen) atoms. The first kappa shape index (κ1) is 41.2. The van der Waals surface area contributed by atoms with E-state index in [0.29, 0.717) is 26.5 Å². The van der Waals surface area contributed by atoms with Crippen LogP contribution in [-0.4, -0.2) is 46.0 Å².